The third-order valence-corrected chi connectivity index (χ3v) is 3.51. The third kappa shape index (κ3) is 4.65. The molecule has 0 aliphatic rings. The largest absolute Gasteiger partial charge is 0.504 e. The molecule has 0 aromatic heterocycles. The van der Waals surface area contributed by atoms with Crippen molar-refractivity contribution in [1.29, 1.82) is 10.5 Å². The molecule has 3 N–H and O–H groups in total. The number of nitriles is 2. The van der Waals surface area contributed by atoms with Gasteiger partial charge in [-0.1, -0.05) is 24.3 Å². The van der Waals surface area contributed by atoms with E-state index < -0.39 is 17.2 Å². The molecule has 0 aliphatic carbocycles. The standard InChI is InChI=1S/C20H15N3O4/c1-27-18-10-13(7-8-17(18)24)9-16(19(25)15(11-21)12-22)23-20(26)14-5-3-2-4-6-14/h2-10,24-25H,1H3,(H,23,26)/b16-9+. The molecule has 0 spiro atoms. The van der Waals surface area contributed by atoms with Gasteiger partial charge in [0.25, 0.3) is 5.91 Å². The van der Waals surface area contributed by atoms with E-state index >= 15 is 0 Å². The number of allylic oxidation sites excluding steroid dienone is 1. The summed E-state index contributed by atoms with van der Waals surface area (Å²) in [6.45, 7) is 0. The molecule has 2 rings (SSSR count). The summed E-state index contributed by atoms with van der Waals surface area (Å²) in [7, 11) is 1.38. The molecular weight excluding hydrogens is 346 g/mol. The minimum absolute atomic E-state index is 0.0842. The Hall–Kier alpha value is -4.23. The van der Waals surface area contributed by atoms with E-state index in [1.165, 1.54) is 31.4 Å². The van der Waals surface area contributed by atoms with E-state index in [0.29, 0.717) is 11.1 Å². The first kappa shape index (κ1) is 19.1. The highest BCUT2D eigenvalue weighted by molar-refractivity contribution is 5.96. The Morgan fingerprint density at radius 3 is 2.41 bits per heavy atom. The molecule has 27 heavy (non-hydrogen) atoms. The van der Waals surface area contributed by atoms with Crippen molar-refractivity contribution in [2.45, 2.75) is 0 Å². The Morgan fingerprint density at radius 1 is 1.15 bits per heavy atom. The summed E-state index contributed by atoms with van der Waals surface area (Å²) in [5, 5.41) is 40.4. The minimum Gasteiger partial charge on any atom is -0.504 e. The highest BCUT2D eigenvalue weighted by atomic mass is 16.5. The Bertz CT molecular complexity index is 980. The average molecular weight is 361 g/mol. The molecule has 0 saturated carbocycles. The second-order valence-corrected chi connectivity index (χ2v) is 5.26. The smallest absolute Gasteiger partial charge is 0.255 e. The van der Waals surface area contributed by atoms with Crippen LogP contribution < -0.4 is 10.1 Å². The van der Waals surface area contributed by atoms with Gasteiger partial charge >= 0.3 is 0 Å². The third-order valence-electron chi connectivity index (χ3n) is 3.51. The van der Waals surface area contributed by atoms with Gasteiger partial charge in [-0.25, -0.2) is 0 Å². The Balaban J connectivity index is 2.51. The van der Waals surface area contributed by atoms with Gasteiger partial charge in [-0.15, -0.1) is 0 Å². The van der Waals surface area contributed by atoms with Crippen LogP contribution in [0.3, 0.4) is 0 Å². The van der Waals surface area contributed by atoms with E-state index in [-0.39, 0.29) is 17.2 Å². The molecule has 2 aromatic carbocycles. The molecular formula is C20H15N3O4. The lowest BCUT2D eigenvalue weighted by Gasteiger charge is -2.11. The summed E-state index contributed by atoms with van der Waals surface area (Å²) in [5.74, 6) is -1.11. The van der Waals surface area contributed by atoms with Crippen molar-refractivity contribution in [1.82, 2.24) is 5.32 Å². The van der Waals surface area contributed by atoms with Crippen molar-refractivity contribution >= 4 is 12.0 Å². The van der Waals surface area contributed by atoms with Crippen LogP contribution in [0.2, 0.25) is 0 Å². The number of aliphatic hydroxyl groups is 1. The number of ether oxygens (including phenoxy) is 1. The fraction of sp³-hybridized carbons (Fsp3) is 0.0500. The van der Waals surface area contributed by atoms with E-state index in [1.807, 2.05) is 0 Å². The van der Waals surface area contributed by atoms with Crippen molar-refractivity contribution in [2.75, 3.05) is 7.11 Å². The van der Waals surface area contributed by atoms with Gasteiger partial charge in [0, 0.05) is 5.56 Å². The lowest BCUT2D eigenvalue weighted by atomic mass is 10.1. The van der Waals surface area contributed by atoms with Gasteiger partial charge in [0.1, 0.15) is 12.1 Å². The number of benzene rings is 2. The van der Waals surface area contributed by atoms with Crippen LogP contribution in [0.1, 0.15) is 15.9 Å². The van der Waals surface area contributed by atoms with Crippen LogP contribution >= 0.6 is 0 Å². The number of hydrogen-bond acceptors (Lipinski definition) is 6. The van der Waals surface area contributed by atoms with Crippen molar-refractivity contribution in [3.63, 3.8) is 0 Å². The van der Waals surface area contributed by atoms with Crippen LogP contribution in [0, 0.1) is 22.7 Å². The normalized spacial score (nSPS) is 10.3. The molecule has 0 saturated heterocycles. The number of nitrogens with zero attached hydrogens (tertiary/aromatic N) is 2. The number of aliphatic hydroxyl groups excluding tert-OH is 1. The molecule has 1 amide bonds. The number of carbonyl (C=O) groups excluding carboxylic acids is 1. The highest BCUT2D eigenvalue weighted by Gasteiger charge is 2.15. The van der Waals surface area contributed by atoms with Crippen molar-refractivity contribution in [3.05, 3.63) is 76.7 Å². The van der Waals surface area contributed by atoms with Crippen LogP contribution in [0.5, 0.6) is 11.5 Å². The van der Waals surface area contributed by atoms with Crippen LogP contribution in [0.15, 0.2) is 65.6 Å². The lowest BCUT2D eigenvalue weighted by molar-refractivity contribution is 0.0964. The zero-order valence-electron chi connectivity index (χ0n) is 14.3. The summed E-state index contributed by atoms with van der Waals surface area (Å²) < 4.78 is 5.02. The van der Waals surface area contributed by atoms with E-state index in [2.05, 4.69) is 5.32 Å². The highest BCUT2D eigenvalue weighted by Crippen LogP contribution is 2.27. The molecule has 0 atom stereocenters. The minimum atomic E-state index is -0.670. The molecule has 134 valence electrons. The van der Waals surface area contributed by atoms with Gasteiger partial charge in [-0.05, 0) is 35.9 Å². The van der Waals surface area contributed by atoms with Crippen LogP contribution in [0.25, 0.3) is 6.08 Å². The van der Waals surface area contributed by atoms with E-state index in [0.717, 1.165) is 0 Å². The molecule has 0 aliphatic heterocycles. The van der Waals surface area contributed by atoms with Gasteiger partial charge in [0.15, 0.2) is 22.8 Å². The van der Waals surface area contributed by atoms with Gasteiger partial charge in [0.2, 0.25) is 0 Å². The molecule has 0 unspecified atom stereocenters. The zero-order valence-corrected chi connectivity index (χ0v) is 14.3. The Kier molecular flexibility index (Phi) is 6.19. The number of rotatable bonds is 5. The van der Waals surface area contributed by atoms with Gasteiger partial charge in [0.05, 0.1) is 12.8 Å². The number of phenols is 1. The van der Waals surface area contributed by atoms with Crippen molar-refractivity contribution in [3.8, 4) is 23.6 Å². The van der Waals surface area contributed by atoms with Gasteiger partial charge in [-0.3, -0.25) is 4.79 Å². The quantitative estimate of drug-likeness (QED) is 0.427. The molecule has 0 bridgehead atoms. The number of hydrogen-bond donors (Lipinski definition) is 3. The Labute approximate surface area is 155 Å². The maximum atomic E-state index is 12.4. The molecule has 7 heteroatoms. The first-order chi connectivity index (χ1) is 13.0. The first-order valence-corrected chi connectivity index (χ1v) is 7.69. The van der Waals surface area contributed by atoms with Crippen LogP contribution in [0.4, 0.5) is 0 Å². The first-order valence-electron chi connectivity index (χ1n) is 7.69. The summed E-state index contributed by atoms with van der Waals surface area (Å²) in [6.07, 6.45) is 1.35. The van der Waals surface area contributed by atoms with E-state index in [1.54, 1.807) is 42.5 Å². The zero-order chi connectivity index (χ0) is 19.8. The second-order valence-electron chi connectivity index (χ2n) is 5.26. The summed E-state index contributed by atoms with van der Waals surface area (Å²) in [4.78, 5) is 12.4. The maximum absolute atomic E-state index is 12.4. The Morgan fingerprint density at radius 2 is 1.81 bits per heavy atom. The monoisotopic (exact) mass is 361 g/mol. The molecule has 2 aromatic rings. The maximum Gasteiger partial charge on any atom is 0.255 e. The van der Waals surface area contributed by atoms with Gasteiger partial charge in [-0.2, -0.15) is 10.5 Å². The molecule has 0 radical (unpaired) electrons. The topological polar surface area (TPSA) is 126 Å². The van der Waals surface area contributed by atoms with Crippen LogP contribution in [-0.4, -0.2) is 23.2 Å². The predicted octanol–water partition coefficient (Wildman–Crippen LogP) is 3.03. The molecule has 0 heterocycles. The number of methoxy groups -OCH3 is 1. The number of nitrogens with one attached hydrogen (secondary N) is 1. The second kappa shape index (κ2) is 8.75. The van der Waals surface area contributed by atoms with Crippen molar-refractivity contribution in [2.24, 2.45) is 0 Å². The average Bonchev–Trinajstić information content (AvgIpc) is 2.70. The molecule has 7 nitrogen and oxygen atoms in total. The number of aromatic hydroxyl groups is 1. The fourth-order valence-corrected chi connectivity index (χ4v) is 2.16. The predicted molar refractivity (Wildman–Crippen MR) is 97.4 cm³/mol. The van der Waals surface area contributed by atoms with E-state index in [4.69, 9.17) is 15.3 Å². The number of carbonyl (C=O) groups is 1. The summed E-state index contributed by atoms with van der Waals surface area (Å²) >= 11 is 0. The summed E-state index contributed by atoms with van der Waals surface area (Å²) in [5.41, 5.74) is 0.0831. The number of amides is 1. The number of phenolic OH excluding ortho intramolecular Hbond substituents is 1. The van der Waals surface area contributed by atoms with Gasteiger partial charge < -0.3 is 20.3 Å². The summed E-state index contributed by atoms with van der Waals surface area (Å²) in [6, 6.07) is 15.8. The van der Waals surface area contributed by atoms with Crippen LogP contribution in [-0.2, 0) is 0 Å². The SMILES string of the molecule is COc1cc(/C=C(/NC(=O)c2ccccc2)C(O)=C(C#N)C#N)ccc1O. The fourth-order valence-electron chi connectivity index (χ4n) is 2.16. The molecule has 0 fully saturated rings. The van der Waals surface area contributed by atoms with E-state index in [9.17, 15) is 15.0 Å². The lowest BCUT2D eigenvalue weighted by Crippen LogP contribution is -2.24. The van der Waals surface area contributed by atoms with Crippen molar-refractivity contribution < 1.29 is 19.7 Å².